The lowest BCUT2D eigenvalue weighted by Gasteiger charge is -2.07. The zero-order valence-electron chi connectivity index (χ0n) is 12.9. The smallest absolute Gasteiger partial charge is 0.224 e. The van der Waals surface area contributed by atoms with E-state index < -0.39 is 5.82 Å². The lowest BCUT2D eigenvalue weighted by atomic mass is 10.1. The Bertz CT molecular complexity index is 678. The van der Waals surface area contributed by atoms with E-state index in [4.69, 9.17) is 11.6 Å². The molecule has 0 aliphatic carbocycles. The Morgan fingerprint density at radius 2 is 2.00 bits per heavy atom. The van der Waals surface area contributed by atoms with E-state index in [0.29, 0.717) is 17.1 Å². The van der Waals surface area contributed by atoms with Gasteiger partial charge in [-0.25, -0.2) is 4.39 Å². The van der Waals surface area contributed by atoms with Crippen molar-refractivity contribution in [1.29, 1.82) is 0 Å². The summed E-state index contributed by atoms with van der Waals surface area (Å²) in [6.07, 6.45) is 0.0332. The second kappa shape index (κ2) is 8.94. The predicted molar refractivity (Wildman–Crippen MR) is 95.5 cm³/mol. The number of carbonyl (C=O) groups is 1. The molecule has 1 N–H and O–H groups in total. The molecule has 2 nitrogen and oxygen atoms in total. The third-order valence-electron chi connectivity index (χ3n) is 3.45. The largest absolute Gasteiger partial charge is 0.355 e. The molecule has 2 aromatic carbocycles. The van der Waals surface area contributed by atoms with Crippen LogP contribution in [-0.4, -0.2) is 18.2 Å². The minimum atomic E-state index is -0.443. The number of rotatable bonds is 7. The monoisotopic (exact) mass is 351 g/mol. The molecule has 0 atom stereocenters. The maximum atomic E-state index is 13.6. The molecule has 0 aliphatic heterocycles. The van der Waals surface area contributed by atoms with Crippen LogP contribution in [0.25, 0.3) is 0 Å². The summed E-state index contributed by atoms with van der Waals surface area (Å²) in [4.78, 5) is 11.8. The van der Waals surface area contributed by atoms with Crippen molar-refractivity contribution in [3.8, 4) is 0 Å². The Morgan fingerprint density at radius 1 is 1.22 bits per heavy atom. The number of nitrogens with one attached hydrogen (secondary N) is 1. The summed E-state index contributed by atoms with van der Waals surface area (Å²) in [5, 5.41) is 3.15. The lowest BCUT2D eigenvalue weighted by molar-refractivity contribution is -0.120. The number of hydrogen-bond acceptors (Lipinski definition) is 2. The first kappa shape index (κ1) is 17.8. The van der Waals surface area contributed by atoms with E-state index in [0.717, 1.165) is 11.5 Å². The van der Waals surface area contributed by atoms with E-state index in [9.17, 15) is 9.18 Å². The van der Waals surface area contributed by atoms with Gasteiger partial charge in [-0.2, -0.15) is 11.8 Å². The second-order valence-electron chi connectivity index (χ2n) is 5.24. The molecule has 0 saturated heterocycles. The summed E-state index contributed by atoms with van der Waals surface area (Å²) in [5.41, 5.74) is 2.95. The molecule has 5 heteroatoms. The highest BCUT2D eigenvalue weighted by Crippen LogP contribution is 2.16. The molecule has 122 valence electrons. The van der Waals surface area contributed by atoms with Gasteiger partial charge in [-0.1, -0.05) is 41.9 Å². The molecule has 0 heterocycles. The summed E-state index contributed by atoms with van der Waals surface area (Å²) in [7, 11) is 0. The van der Waals surface area contributed by atoms with Crippen LogP contribution < -0.4 is 5.32 Å². The van der Waals surface area contributed by atoms with Crippen LogP contribution in [0.15, 0.2) is 42.5 Å². The molecule has 2 rings (SSSR count). The Balaban J connectivity index is 1.68. The van der Waals surface area contributed by atoms with Crippen LogP contribution in [0.4, 0.5) is 4.39 Å². The van der Waals surface area contributed by atoms with Crippen molar-refractivity contribution < 1.29 is 9.18 Å². The van der Waals surface area contributed by atoms with E-state index in [1.54, 1.807) is 23.9 Å². The Kier molecular flexibility index (Phi) is 6.93. The molecule has 23 heavy (non-hydrogen) atoms. The fraction of sp³-hybridized carbons (Fsp3) is 0.278. The third-order valence-corrected chi connectivity index (χ3v) is 4.70. The molecule has 0 unspecified atom stereocenters. The number of thioether (sulfide) groups is 1. The number of hydrogen-bond donors (Lipinski definition) is 1. The van der Waals surface area contributed by atoms with Crippen LogP contribution in [0.5, 0.6) is 0 Å². The van der Waals surface area contributed by atoms with Gasteiger partial charge in [0.2, 0.25) is 5.91 Å². The van der Waals surface area contributed by atoms with Gasteiger partial charge < -0.3 is 5.32 Å². The summed E-state index contributed by atoms with van der Waals surface area (Å²) < 4.78 is 13.6. The maximum Gasteiger partial charge on any atom is 0.224 e. The number of halogens is 2. The molecule has 0 spiro atoms. The lowest BCUT2D eigenvalue weighted by Crippen LogP contribution is -2.27. The number of benzene rings is 2. The van der Waals surface area contributed by atoms with Crippen molar-refractivity contribution >= 4 is 29.3 Å². The van der Waals surface area contributed by atoms with Crippen molar-refractivity contribution in [3.63, 3.8) is 0 Å². The average Bonchev–Trinajstić information content (AvgIpc) is 2.51. The van der Waals surface area contributed by atoms with E-state index >= 15 is 0 Å². The van der Waals surface area contributed by atoms with Crippen LogP contribution in [0.2, 0.25) is 5.02 Å². The highest BCUT2D eigenvalue weighted by atomic mass is 35.5. The van der Waals surface area contributed by atoms with Crippen LogP contribution in [0.3, 0.4) is 0 Å². The topological polar surface area (TPSA) is 29.1 Å². The Morgan fingerprint density at radius 3 is 2.74 bits per heavy atom. The minimum absolute atomic E-state index is 0.0332. The van der Waals surface area contributed by atoms with Gasteiger partial charge in [0.1, 0.15) is 5.82 Å². The van der Waals surface area contributed by atoms with Gasteiger partial charge in [0, 0.05) is 23.1 Å². The standard InChI is InChI=1S/C18H19ClFNOS/c1-13-4-2-3-5-15(13)12-23-9-8-21-18(22)10-14-6-7-16(19)11-17(14)20/h2-7,11H,8-10,12H2,1H3,(H,21,22). The normalized spacial score (nSPS) is 10.6. The first-order chi connectivity index (χ1) is 11.1. The predicted octanol–water partition coefficient (Wildman–Crippen LogP) is 4.38. The summed E-state index contributed by atoms with van der Waals surface area (Å²) in [5.74, 6) is 1.13. The molecule has 2 aromatic rings. The maximum absolute atomic E-state index is 13.6. The van der Waals surface area contributed by atoms with Gasteiger partial charge in [0.25, 0.3) is 0 Å². The molecule has 1 amide bonds. The van der Waals surface area contributed by atoms with Crippen molar-refractivity contribution in [1.82, 2.24) is 5.32 Å². The zero-order valence-corrected chi connectivity index (χ0v) is 14.5. The van der Waals surface area contributed by atoms with E-state index in [1.165, 1.54) is 17.2 Å². The van der Waals surface area contributed by atoms with Gasteiger partial charge in [-0.15, -0.1) is 0 Å². The first-order valence-electron chi connectivity index (χ1n) is 7.39. The average molecular weight is 352 g/mol. The van der Waals surface area contributed by atoms with Crippen molar-refractivity contribution in [2.45, 2.75) is 19.1 Å². The number of carbonyl (C=O) groups excluding carboxylic acids is 1. The Labute approximate surface area is 145 Å². The highest BCUT2D eigenvalue weighted by molar-refractivity contribution is 7.98. The molecule has 0 bridgehead atoms. The van der Waals surface area contributed by atoms with Crippen molar-refractivity contribution in [2.75, 3.05) is 12.3 Å². The van der Waals surface area contributed by atoms with Crippen molar-refractivity contribution in [3.05, 3.63) is 70.0 Å². The molecular weight excluding hydrogens is 333 g/mol. The number of amides is 1. The van der Waals surface area contributed by atoms with Gasteiger partial charge in [0.05, 0.1) is 6.42 Å². The summed E-state index contributed by atoms with van der Waals surface area (Å²) >= 11 is 7.46. The molecular formula is C18H19ClFNOS. The zero-order chi connectivity index (χ0) is 16.7. The second-order valence-corrected chi connectivity index (χ2v) is 6.78. The summed E-state index contributed by atoms with van der Waals surface area (Å²) in [6, 6.07) is 12.6. The fourth-order valence-corrected chi connectivity index (χ4v) is 3.21. The van der Waals surface area contributed by atoms with E-state index in [-0.39, 0.29) is 12.3 Å². The quantitative estimate of drug-likeness (QED) is 0.750. The molecule has 0 saturated carbocycles. The molecule has 0 fully saturated rings. The van der Waals surface area contributed by atoms with Crippen LogP contribution in [0.1, 0.15) is 16.7 Å². The third kappa shape index (κ3) is 5.88. The van der Waals surface area contributed by atoms with Gasteiger partial charge in [0.15, 0.2) is 0 Å². The van der Waals surface area contributed by atoms with Crippen molar-refractivity contribution in [2.24, 2.45) is 0 Å². The Hall–Kier alpha value is -1.52. The highest BCUT2D eigenvalue weighted by Gasteiger charge is 2.08. The molecule has 0 radical (unpaired) electrons. The molecule has 0 aromatic heterocycles. The van der Waals surface area contributed by atoms with E-state index in [2.05, 4.69) is 24.4 Å². The first-order valence-corrected chi connectivity index (χ1v) is 8.92. The van der Waals surface area contributed by atoms with Crippen LogP contribution in [0, 0.1) is 12.7 Å². The van der Waals surface area contributed by atoms with Gasteiger partial charge in [-0.3, -0.25) is 4.79 Å². The summed E-state index contributed by atoms with van der Waals surface area (Å²) in [6.45, 7) is 2.67. The van der Waals surface area contributed by atoms with E-state index in [1.807, 2.05) is 12.1 Å². The minimum Gasteiger partial charge on any atom is -0.355 e. The fourth-order valence-electron chi connectivity index (χ4n) is 2.12. The van der Waals surface area contributed by atoms with Gasteiger partial charge >= 0.3 is 0 Å². The molecule has 0 aliphatic rings. The van der Waals surface area contributed by atoms with Crippen LogP contribution in [-0.2, 0) is 17.0 Å². The number of aryl methyl sites for hydroxylation is 1. The van der Waals surface area contributed by atoms with Crippen LogP contribution >= 0.6 is 23.4 Å². The van der Waals surface area contributed by atoms with Gasteiger partial charge in [-0.05, 0) is 35.7 Å². The SMILES string of the molecule is Cc1ccccc1CSCCNC(=O)Cc1ccc(Cl)cc1F.